The molecule has 4 nitrogen and oxygen atoms in total. The predicted molar refractivity (Wildman–Crippen MR) is 239 cm³/mol. The molecule has 0 aliphatic heterocycles. The fourth-order valence-corrected chi connectivity index (χ4v) is 6.83. The van der Waals surface area contributed by atoms with E-state index in [1.165, 1.54) is 11.1 Å². The quantitative estimate of drug-likeness (QED) is 0.117. The largest absolute Gasteiger partial charge is 0.497 e. The predicted octanol–water partition coefficient (Wildman–Crippen LogP) is 14.2. The molecule has 7 rings (SSSR count). The highest BCUT2D eigenvalue weighted by Crippen LogP contribution is 2.39. The Morgan fingerprint density at radius 3 is 0.875 bits per heavy atom. The Morgan fingerprint density at radius 2 is 0.607 bits per heavy atom. The molecule has 0 spiro atoms. The van der Waals surface area contributed by atoms with Crippen LogP contribution in [0.15, 0.2) is 158 Å². The number of hydrogen-bond donors (Lipinski definition) is 0. The van der Waals surface area contributed by atoms with Crippen molar-refractivity contribution in [1.29, 1.82) is 0 Å². The van der Waals surface area contributed by atoms with Gasteiger partial charge in [0, 0.05) is 34.1 Å². The van der Waals surface area contributed by atoms with Crippen molar-refractivity contribution in [2.24, 2.45) is 0 Å². The average molecular weight is 733 g/mol. The number of nitrogens with zero attached hydrogens (tertiary/aromatic N) is 2. The third-order valence-electron chi connectivity index (χ3n) is 10.0. The van der Waals surface area contributed by atoms with Crippen LogP contribution in [-0.4, -0.2) is 14.2 Å². The van der Waals surface area contributed by atoms with E-state index in [4.69, 9.17) is 9.47 Å². The second kappa shape index (κ2) is 17.1. The van der Waals surface area contributed by atoms with Gasteiger partial charge in [-0.25, -0.2) is 0 Å². The first kappa shape index (κ1) is 37.5. The highest BCUT2D eigenvalue weighted by atomic mass is 16.5. The summed E-state index contributed by atoms with van der Waals surface area (Å²) in [6.07, 6.45) is 8.66. The summed E-state index contributed by atoms with van der Waals surface area (Å²) in [5.41, 5.74) is 16.0. The second-order valence-corrected chi connectivity index (χ2v) is 14.2. The van der Waals surface area contributed by atoms with Crippen LogP contribution in [0.25, 0.3) is 24.3 Å². The minimum atomic E-state index is 0.854. The van der Waals surface area contributed by atoms with Crippen LogP contribution in [-0.2, 0) is 0 Å². The van der Waals surface area contributed by atoms with Gasteiger partial charge in [0.2, 0.25) is 0 Å². The SMILES string of the molecule is COc1ccc(N(c2ccc(C)cc2)c2ccc(/C=C/c3ccc(/C=C/c4ccc(N(c5ccc(C)cc5)c5ccc(OC)cc5C)cc4)cc3)cc2)c(C)c1. The summed E-state index contributed by atoms with van der Waals surface area (Å²) in [5.74, 6) is 1.71. The monoisotopic (exact) mass is 732 g/mol. The molecule has 0 aliphatic rings. The first-order valence-electron chi connectivity index (χ1n) is 19.0. The molecule has 0 radical (unpaired) electrons. The normalized spacial score (nSPS) is 11.2. The average Bonchev–Trinajstić information content (AvgIpc) is 3.23. The number of anilines is 6. The molecule has 278 valence electrons. The van der Waals surface area contributed by atoms with Crippen LogP contribution in [0, 0.1) is 27.7 Å². The molecule has 0 fully saturated rings. The van der Waals surface area contributed by atoms with Gasteiger partial charge in [-0.15, -0.1) is 0 Å². The molecule has 0 atom stereocenters. The smallest absolute Gasteiger partial charge is 0.119 e. The molecule has 0 aromatic heterocycles. The van der Waals surface area contributed by atoms with Gasteiger partial charge in [-0.2, -0.15) is 0 Å². The lowest BCUT2D eigenvalue weighted by Crippen LogP contribution is -2.11. The maximum Gasteiger partial charge on any atom is 0.119 e. The Hall–Kier alpha value is -6.78. The Balaban J connectivity index is 1.04. The van der Waals surface area contributed by atoms with Crippen LogP contribution >= 0.6 is 0 Å². The molecule has 7 aromatic carbocycles. The van der Waals surface area contributed by atoms with Crippen molar-refractivity contribution >= 4 is 58.4 Å². The zero-order valence-electron chi connectivity index (χ0n) is 33.0. The molecule has 4 heteroatoms. The summed E-state index contributed by atoms with van der Waals surface area (Å²) >= 11 is 0. The first-order valence-corrected chi connectivity index (χ1v) is 19.0. The van der Waals surface area contributed by atoms with Crippen LogP contribution in [0.3, 0.4) is 0 Å². The van der Waals surface area contributed by atoms with Crippen LogP contribution in [0.2, 0.25) is 0 Å². The molecular formula is C52H48N2O2. The lowest BCUT2D eigenvalue weighted by Gasteiger charge is -2.27. The van der Waals surface area contributed by atoms with Gasteiger partial charge in [0.1, 0.15) is 11.5 Å². The minimum absolute atomic E-state index is 0.854. The van der Waals surface area contributed by atoms with Crippen molar-refractivity contribution in [3.8, 4) is 11.5 Å². The third kappa shape index (κ3) is 8.77. The van der Waals surface area contributed by atoms with Crippen molar-refractivity contribution in [1.82, 2.24) is 0 Å². The molecular weight excluding hydrogens is 685 g/mol. The molecule has 0 bridgehead atoms. The van der Waals surface area contributed by atoms with Gasteiger partial charge < -0.3 is 19.3 Å². The van der Waals surface area contributed by atoms with E-state index in [1.807, 2.05) is 12.1 Å². The third-order valence-corrected chi connectivity index (χ3v) is 10.0. The minimum Gasteiger partial charge on any atom is -0.497 e. The van der Waals surface area contributed by atoms with Crippen molar-refractivity contribution in [2.45, 2.75) is 27.7 Å². The van der Waals surface area contributed by atoms with Crippen LogP contribution in [0.5, 0.6) is 11.5 Å². The second-order valence-electron chi connectivity index (χ2n) is 14.2. The van der Waals surface area contributed by atoms with E-state index in [2.05, 4.69) is 207 Å². The van der Waals surface area contributed by atoms with Gasteiger partial charge in [-0.1, -0.05) is 108 Å². The van der Waals surface area contributed by atoms with Crippen LogP contribution < -0.4 is 19.3 Å². The van der Waals surface area contributed by atoms with Crippen molar-refractivity contribution in [2.75, 3.05) is 24.0 Å². The van der Waals surface area contributed by atoms with E-state index in [9.17, 15) is 0 Å². The number of benzene rings is 7. The van der Waals surface area contributed by atoms with E-state index in [0.29, 0.717) is 0 Å². The van der Waals surface area contributed by atoms with Crippen molar-refractivity contribution in [3.63, 3.8) is 0 Å². The van der Waals surface area contributed by atoms with Crippen molar-refractivity contribution < 1.29 is 9.47 Å². The summed E-state index contributed by atoms with van der Waals surface area (Å²) < 4.78 is 11.0. The van der Waals surface area contributed by atoms with Gasteiger partial charge in [-0.05, 0) is 146 Å². The molecule has 0 unspecified atom stereocenters. The molecule has 0 N–H and O–H groups in total. The lowest BCUT2D eigenvalue weighted by molar-refractivity contribution is 0.414. The van der Waals surface area contributed by atoms with E-state index in [0.717, 1.165) is 79.0 Å². The molecule has 0 heterocycles. The standard InChI is InChI=1S/C52H48N2O2/c1-37-7-23-45(24-8-37)53(51-33-31-49(55-5)35-39(51)3)47-27-19-43(20-28-47)17-15-41-11-13-42(14-12-41)16-18-44-21-29-48(30-22-44)54(46-25-9-38(2)10-26-46)52-34-32-50(56-6)36-40(52)4/h7-36H,1-6H3/b17-15+,18-16+. The highest BCUT2D eigenvalue weighted by Gasteiger charge is 2.16. The van der Waals surface area contributed by atoms with E-state index < -0.39 is 0 Å². The van der Waals surface area contributed by atoms with Gasteiger partial charge in [-0.3, -0.25) is 0 Å². The summed E-state index contributed by atoms with van der Waals surface area (Å²) in [4.78, 5) is 4.59. The van der Waals surface area contributed by atoms with Crippen LogP contribution in [0.1, 0.15) is 44.5 Å². The Bertz CT molecular complexity index is 2270. The van der Waals surface area contributed by atoms with Crippen molar-refractivity contribution in [3.05, 3.63) is 202 Å². The zero-order valence-corrected chi connectivity index (χ0v) is 33.0. The Kier molecular flexibility index (Phi) is 11.5. The molecule has 7 aromatic rings. The van der Waals surface area contributed by atoms with E-state index in [1.54, 1.807) is 14.2 Å². The fourth-order valence-electron chi connectivity index (χ4n) is 6.83. The fraction of sp³-hybridized carbons (Fsp3) is 0.115. The molecule has 0 amide bonds. The number of hydrogen-bond acceptors (Lipinski definition) is 4. The van der Waals surface area contributed by atoms with E-state index in [-0.39, 0.29) is 0 Å². The van der Waals surface area contributed by atoms with Gasteiger partial charge in [0.05, 0.1) is 14.2 Å². The van der Waals surface area contributed by atoms with Crippen LogP contribution in [0.4, 0.5) is 34.1 Å². The summed E-state index contributed by atoms with van der Waals surface area (Å²) in [7, 11) is 3.41. The molecule has 0 saturated carbocycles. The number of aryl methyl sites for hydroxylation is 4. The number of ether oxygens (including phenoxy) is 2. The van der Waals surface area contributed by atoms with Gasteiger partial charge in [0.15, 0.2) is 0 Å². The maximum absolute atomic E-state index is 5.48. The van der Waals surface area contributed by atoms with Gasteiger partial charge in [0.25, 0.3) is 0 Å². The molecule has 0 saturated heterocycles. The Labute approximate surface area is 332 Å². The highest BCUT2D eigenvalue weighted by molar-refractivity contribution is 5.82. The molecule has 0 aliphatic carbocycles. The number of rotatable bonds is 12. The van der Waals surface area contributed by atoms with Gasteiger partial charge >= 0.3 is 0 Å². The van der Waals surface area contributed by atoms with E-state index >= 15 is 0 Å². The summed E-state index contributed by atoms with van der Waals surface area (Å²) in [6, 6.07) is 55.9. The topological polar surface area (TPSA) is 24.9 Å². The lowest BCUT2D eigenvalue weighted by atomic mass is 10.1. The molecule has 56 heavy (non-hydrogen) atoms. The zero-order chi connectivity index (χ0) is 39.0. The number of methoxy groups -OCH3 is 2. The summed E-state index contributed by atoms with van der Waals surface area (Å²) in [5, 5.41) is 0. The first-order chi connectivity index (χ1) is 27.3. The maximum atomic E-state index is 5.48. The summed E-state index contributed by atoms with van der Waals surface area (Å²) in [6.45, 7) is 8.48. The Morgan fingerprint density at radius 1 is 0.339 bits per heavy atom.